The minimum Gasteiger partial charge on any atom is -0.497 e. The van der Waals surface area contributed by atoms with Gasteiger partial charge < -0.3 is 59.6 Å². The molecule has 2 saturated heterocycles. The van der Waals surface area contributed by atoms with Crippen LogP contribution in [0.3, 0.4) is 0 Å². The average molecular weight is 489 g/mol. The van der Waals surface area contributed by atoms with Crippen molar-refractivity contribution in [2.75, 3.05) is 20.3 Å². The standard InChI is InChI=1S/C21H31NO12/c1-9(25)22-14-17(28)15(26)12(7-23)32-20(14)34-19-18(29)16(27)13(8-24)33-21(19)31-11-5-3-10(30-2)4-6-11/h3-6,12-21,23-24,26-29H,7-8H2,1-2H3,(H,22,25)/t12-,13-,14-,15-,16+,17-,18+,19-,20-,21-/m1/s1. The van der Waals surface area contributed by atoms with Gasteiger partial charge in [0.25, 0.3) is 0 Å². The van der Waals surface area contributed by atoms with Crippen molar-refractivity contribution < 1.29 is 59.1 Å². The summed E-state index contributed by atoms with van der Waals surface area (Å²) < 4.78 is 27.8. The number of rotatable bonds is 8. The van der Waals surface area contributed by atoms with Crippen molar-refractivity contribution in [1.29, 1.82) is 0 Å². The van der Waals surface area contributed by atoms with Crippen molar-refractivity contribution in [2.24, 2.45) is 0 Å². The molecule has 0 unspecified atom stereocenters. The summed E-state index contributed by atoms with van der Waals surface area (Å²) in [5, 5.41) is 63.2. The molecule has 10 atom stereocenters. The van der Waals surface area contributed by atoms with Crippen molar-refractivity contribution in [3.05, 3.63) is 24.3 Å². The first-order chi connectivity index (χ1) is 16.2. The average Bonchev–Trinajstić information content (AvgIpc) is 2.83. The fourth-order valence-corrected chi connectivity index (χ4v) is 3.83. The number of hydrogen-bond acceptors (Lipinski definition) is 12. The summed E-state index contributed by atoms with van der Waals surface area (Å²) in [5.41, 5.74) is 0. The number of carbonyl (C=O) groups excluding carboxylic acids is 1. The largest absolute Gasteiger partial charge is 0.497 e. The van der Waals surface area contributed by atoms with E-state index in [-0.39, 0.29) is 5.75 Å². The van der Waals surface area contributed by atoms with E-state index in [2.05, 4.69) is 5.32 Å². The third-order valence-electron chi connectivity index (χ3n) is 5.68. The van der Waals surface area contributed by atoms with E-state index < -0.39 is 80.5 Å². The zero-order valence-electron chi connectivity index (χ0n) is 18.6. The predicted molar refractivity (Wildman–Crippen MR) is 112 cm³/mol. The van der Waals surface area contributed by atoms with E-state index in [0.29, 0.717) is 5.75 Å². The zero-order valence-corrected chi connectivity index (χ0v) is 18.6. The van der Waals surface area contributed by atoms with Crippen LogP contribution in [-0.4, -0.2) is 118 Å². The Morgan fingerprint density at radius 2 is 1.41 bits per heavy atom. The number of hydrogen-bond donors (Lipinski definition) is 7. The number of benzene rings is 1. The highest BCUT2D eigenvalue weighted by Crippen LogP contribution is 2.31. The Kier molecular flexibility index (Phi) is 9.03. The molecular weight excluding hydrogens is 458 g/mol. The van der Waals surface area contributed by atoms with E-state index in [0.717, 1.165) is 0 Å². The van der Waals surface area contributed by atoms with Crippen LogP contribution in [0.15, 0.2) is 24.3 Å². The number of nitrogens with one attached hydrogen (secondary N) is 1. The predicted octanol–water partition coefficient (Wildman–Crippen LogP) is -3.16. The molecule has 0 aromatic heterocycles. The topological polar surface area (TPSA) is 197 Å². The van der Waals surface area contributed by atoms with E-state index in [1.165, 1.54) is 14.0 Å². The minimum absolute atomic E-state index is 0.284. The van der Waals surface area contributed by atoms with Gasteiger partial charge in [-0.1, -0.05) is 0 Å². The lowest BCUT2D eigenvalue weighted by Gasteiger charge is -2.47. The fraction of sp³-hybridized carbons (Fsp3) is 0.667. The lowest BCUT2D eigenvalue weighted by molar-refractivity contribution is -0.343. The quantitative estimate of drug-likeness (QED) is 0.194. The van der Waals surface area contributed by atoms with E-state index >= 15 is 0 Å². The summed E-state index contributed by atoms with van der Waals surface area (Å²) in [7, 11) is 1.49. The van der Waals surface area contributed by atoms with Gasteiger partial charge in [-0.05, 0) is 24.3 Å². The molecule has 2 fully saturated rings. The molecule has 13 nitrogen and oxygen atoms in total. The van der Waals surface area contributed by atoms with Gasteiger partial charge in [-0.25, -0.2) is 0 Å². The van der Waals surface area contributed by atoms with Crippen LogP contribution in [0.4, 0.5) is 0 Å². The molecule has 2 heterocycles. The second-order valence-electron chi connectivity index (χ2n) is 8.03. The molecule has 1 aromatic rings. The Balaban J connectivity index is 1.87. The van der Waals surface area contributed by atoms with Gasteiger partial charge in [0.05, 0.1) is 20.3 Å². The van der Waals surface area contributed by atoms with Crippen molar-refractivity contribution >= 4 is 5.91 Å². The zero-order chi connectivity index (χ0) is 25.0. The second-order valence-corrected chi connectivity index (χ2v) is 8.03. The SMILES string of the molecule is COc1ccc(O[C@@H]2O[C@H](CO)[C@H](O)[C@H](O)[C@H]2O[C@H]2O[C@H](CO)[C@@H](O)[C@H](O)[C@H]2NC(C)=O)cc1. The smallest absolute Gasteiger partial charge is 0.229 e. The molecule has 1 aromatic carbocycles. The maximum Gasteiger partial charge on any atom is 0.229 e. The second kappa shape index (κ2) is 11.6. The van der Waals surface area contributed by atoms with Gasteiger partial charge in [0.15, 0.2) is 12.4 Å². The van der Waals surface area contributed by atoms with Crippen LogP contribution in [0.5, 0.6) is 11.5 Å². The molecule has 0 bridgehead atoms. The summed E-state index contributed by atoms with van der Waals surface area (Å²) in [6.07, 6.45) is -13.1. The molecule has 0 spiro atoms. The van der Waals surface area contributed by atoms with Crippen LogP contribution < -0.4 is 14.8 Å². The maximum absolute atomic E-state index is 11.7. The number of methoxy groups -OCH3 is 1. The molecular formula is C21H31NO12. The third kappa shape index (κ3) is 5.76. The van der Waals surface area contributed by atoms with Crippen molar-refractivity contribution in [2.45, 2.75) is 68.3 Å². The molecule has 1 amide bonds. The van der Waals surface area contributed by atoms with Gasteiger partial charge >= 0.3 is 0 Å². The van der Waals surface area contributed by atoms with Crippen molar-refractivity contribution in [1.82, 2.24) is 5.32 Å². The van der Waals surface area contributed by atoms with Crippen LogP contribution in [0, 0.1) is 0 Å². The summed E-state index contributed by atoms with van der Waals surface area (Å²) >= 11 is 0. The lowest BCUT2D eigenvalue weighted by atomic mass is 9.95. The third-order valence-corrected chi connectivity index (χ3v) is 5.68. The van der Waals surface area contributed by atoms with Crippen LogP contribution >= 0.6 is 0 Å². The molecule has 2 aliphatic heterocycles. The summed E-state index contributed by atoms with van der Waals surface area (Å²) in [6.45, 7) is -0.118. The molecule has 7 N–H and O–H groups in total. The summed E-state index contributed by atoms with van der Waals surface area (Å²) in [4.78, 5) is 11.7. The molecule has 2 aliphatic rings. The van der Waals surface area contributed by atoms with Crippen molar-refractivity contribution in [3.8, 4) is 11.5 Å². The maximum atomic E-state index is 11.7. The lowest BCUT2D eigenvalue weighted by Crippen LogP contribution is -2.68. The minimum atomic E-state index is -1.65. The summed E-state index contributed by atoms with van der Waals surface area (Å²) in [5.74, 6) is 0.277. The monoisotopic (exact) mass is 489 g/mol. The van der Waals surface area contributed by atoms with E-state index in [4.69, 9.17) is 23.7 Å². The Bertz CT molecular complexity index is 794. The Hall–Kier alpha value is -2.07. The van der Waals surface area contributed by atoms with Crippen LogP contribution in [0.1, 0.15) is 6.92 Å². The Morgan fingerprint density at radius 3 is 1.94 bits per heavy atom. The van der Waals surface area contributed by atoms with Gasteiger partial charge in [0.2, 0.25) is 12.2 Å². The number of carbonyl (C=O) groups is 1. The highest BCUT2D eigenvalue weighted by atomic mass is 16.8. The molecule has 192 valence electrons. The van der Waals surface area contributed by atoms with E-state index in [1.807, 2.05) is 0 Å². The van der Waals surface area contributed by atoms with Gasteiger partial charge in [0, 0.05) is 6.92 Å². The number of ether oxygens (including phenoxy) is 5. The number of aliphatic hydroxyl groups is 6. The van der Waals surface area contributed by atoms with E-state index in [9.17, 15) is 35.4 Å². The highest BCUT2D eigenvalue weighted by Gasteiger charge is 2.51. The highest BCUT2D eigenvalue weighted by molar-refractivity contribution is 5.73. The van der Waals surface area contributed by atoms with Gasteiger partial charge in [-0.2, -0.15) is 0 Å². The molecule has 34 heavy (non-hydrogen) atoms. The van der Waals surface area contributed by atoms with Crippen LogP contribution in [-0.2, 0) is 19.0 Å². The first-order valence-corrected chi connectivity index (χ1v) is 10.7. The van der Waals surface area contributed by atoms with Gasteiger partial charge in [-0.15, -0.1) is 0 Å². The van der Waals surface area contributed by atoms with Gasteiger partial charge in [-0.3, -0.25) is 4.79 Å². The fourth-order valence-electron chi connectivity index (χ4n) is 3.83. The van der Waals surface area contributed by atoms with Crippen LogP contribution in [0.25, 0.3) is 0 Å². The van der Waals surface area contributed by atoms with Gasteiger partial charge in [0.1, 0.15) is 54.2 Å². The number of aliphatic hydroxyl groups excluding tert-OH is 6. The molecule has 3 rings (SSSR count). The first-order valence-electron chi connectivity index (χ1n) is 10.7. The summed E-state index contributed by atoms with van der Waals surface area (Å²) in [6, 6.07) is 5.05. The van der Waals surface area contributed by atoms with Crippen LogP contribution in [0.2, 0.25) is 0 Å². The van der Waals surface area contributed by atoms with Crippen molar-refractivity contribution in [3.63, 3.8) is 0 Å². The normalized spacial score (nSPS) is 38.2. The van der Waals surface area contributed by atoms with E-state index in [1.54, 1.807) is 24.3 Å². The number of amides is 1. The Labute approximate surface area is 195 Å². The molecule has 0 radical (unpaired) electrons. The Morgan fingerprint density at radius 1 is 0.882 bits per heavy atom. The molecule has 0 saturated carbocycles. The molecule has 0 aliphatic carbocycles. The molecule has 13 heteroatoms. The first kappa shape index (κ1) is 26.5.